The molecule has 2 N–H and O–H groups in total. The van der Waals surface area contributed by atoms with Crippen molar-refractivity contribution in [1.82, 2.24) is 10.2 Å². The van der Waals surface area contributed by atoms with Crippen LogP contribution in [0.1, 0.15) is 20.8 Å². The quantitative estimate of drug-likeness (QED) is 0.689. The van der Waals surface area contributed by atoms with Crippen molar-refractivity contribution >= 4 is 18.0 Å². The summed E-state index contributed by atoms with van der Waals surface area (Å²) >= 11 is 0. The van der Waals surface area contributed by atoms with Crippen molar-refractivity contribution in [2.75, 3.05) is 20.7 Å². The van der Waals surface area contributed by atoms with Gasteiger partial charge < -0.3 is 20.1 Å². The molecule has 0 aromatic carbocycles. The second-order valence-electron chi connectivity index (χ2n) is 4.81. The van der Waals surface area contributed by atoms with E-state index in [4.69, 9.17) is 5.11 Å². The highest BCUT2D eigenvalue weighted by molar-refractivity contribution is 5.84. The predicted molar refractivity (Wildman–Crippen MR) is 68.6 cm³/mol. The fourth-order valence-electron chi connectivity index (χ4n) is 1.44. The summed E-state index contributed by atoms with van der Waals surface area (Å²) in [4.78, 5) is 35.3. The molecule has 0 heterocycles. The Morgan fingerprint density at radius 2 is 1.79 bits per heavy atom. The summed E-state index contributed by atoms with van der Waals surface area (Å²) in [6.45, 7) is 5.13. The summed E-state index contributed by atoms with van der Waals surface area (Å²) in [5, 5.41) is 11.3. The summed E-state index contributed by atoms with van der Waals surface area (Å²) in [6.07, 6.45) is 0. The van der Waals surface area contributed by atoms with Gasteiger partial charge in [-0.05, 0) is 5.92 Å². The number of hydrogen-bond acceptors (Lipinski definition) is 4. The number of esters is 1. The van der Waals surface area contributed by atoms with Gasteiger partial charge in [0.2, 0.25) is 0 Å². The molecule has 2 atom stereocenters. The van der Waals surface area contributed by atoms with Crippen molar-refractivity contribution in [2.24, 2.45) is 11.8 Å². The molecule has 0 rings (SSSR count). The van der Waals surface area contributed by atoms with Crippen LogP contribution in [0.2, 0.25) is 0 Å². The Morgan fingerprint density at radius 3 is 2.16 bits per heavy atom. The van der Waals surface area contributed by atoms with E-state index in [1.807, 2.05) is 0 Å². The number of aliphatic carboxylic acids is 1. The van der Waals surface area contributed by atoms with Gasteiger partial charge in [0.15, 0.2) is 0 Å². The highest BCUT2D eigenvalue weighted by Crippen LogP contribution is 2.05. The fraction of sp³-hybridized carbons (Fsp3) is 0.750. The lowest BCUT2D eigenvalue weighted by atomic mass is 10.1. The molecule has 0 fully saturated rings. The number of ether oxygens (including phenoxy) is 1. The molecule has 0 aliphatic rings. The molecule has 2 amide bonds. The number of carbonyl (C=O) groups excluding carboxylic acids is 2. The highest BCUT2D eigenvalue weighted by Gasteiger charge is 2.27. The molecule has 0 bridgehead atoms. The average molecular weight is 274 g/mol. The van der Waals surface area contributed by atoms with Crippen LogP contribution >= 0.6 is 0 Å². The van der Waals surface area contributed by atoms with Gasteiger partial charge in [-0.1, -0.05) is 20.8 Å². The van der Waals surface area contributed by atoms with Gasteiger partial charge in [-0.3, -0.25) is 4.79 Å². The summed E-state index contributed by atoms with van der Waals surface area (Å²) in [5.74, 6) is -2.30. The lowest BCUT2D eigenvalue weighted by Gasteiger charge is -2.25. The van der Waals surface area contributed by atoms with Crippen molar-refractivity contribution in [1.29, 1.82) is 0 Å². The Bertz CT molecular complexity index is 343. The maximum absolute atomic E-state index is 11.9. The normalized spacial score (nSPS) is 13.6. The summed E-state index contributed by atoms with van der Waals surface area (Å²) in [5.41, 5.74) is 0. The standard InChI is InChI=1S/C12H22N2O5/c1-7(2)9(11(17)19-5)13-12(18)14(4)6-8(3)10(15)16/h7-9H,6H2,1-5H3,(H,13,18)(H,15,16). The molecule has 0 aliphatic carbocycles. The van der Waals surface area contributed by atoms with E-state index in [2.05, 4.69) is 10.1 Å². The summed E-state index contributed by atoms with van der Waals surface area (Å²) in [7, 11) is 2.73. The van der Waals surface area contributed by atoms with Gasteiger partial charge in [-0.2, -0.15) is 0 Å². The molecule has 0 aromatic rings. The maximum atomic E-state index is 11.9. The summed E-state index contributed by atoms with van der Waals surface area (Å²) in [6, 6.07) is -1.25. The Hall–Kier alpha value is -1.79. The van der Waals surface area contributed by atoms with Gasteiger partial charge in [-0.25, -0.2) is 9.59 Å². The number of carboxylic acid groups (broad SMARTS) is 1. The van der Waals surface area contributed by atoms with Crippen LogP contribution in [0.4, 0.5) is 4.79 Å². The smallest absolute Gasteiger partial charge is 0.328 e. The van der Waals surface area contributed by atoms with E-state index in [1.165, 1.54) is 26.0 Å². The zero-order valence-corrected chi connectivity index (χ0v) is 12.0. The van der Waals surface area contributed by atoms with Crippen LogP contribution in [0.15, 0.2) is 0 Å². The van der Waals surface area contributed by atoms with Gasteiger partial charge in [0.1, 0.15) is 6.04 Å². The Balaban J connectivity index is 4.56. The molecule has 0 saturated carbocycles. The van der Waals surface area contributed by atoms with E-state index >= 15 is 0 Å². The van der Waals surface area contributed by atoms with E-state index in [9.17, 15) is 14.4 Å². The van der Waals surface area contributed by atoms with Gasteiger partial charge in [0.25, 0.3) is 0 Å². The molecule has 0 radical (unpaired) electrons. The molecular weight excluding hydrogens is 252 g/mol. The number of carbonyl (C=O) groups is 3. The highest BCUT2D eigenvalue weighted by atomic mass is 16.5. The van der Waals surface area contributed by atoms with Crippen molar-refractivity contribution in [3.05, 3.63) is 0 Å². The van der Waals surface area contributed by atoms with E-state index in [-0.39, 0.29) is 12.5 Å². The maximum Gasteiger partial charge on any atom is 0.328 e. The molecular formula is C12H22N2O5. The number of rotatable bonds is 6. The van der Waals surface area contributed by atoms with Crippen LogP contribution in [-0.4, -0.2) is 54.7 Å². The van der Waals surface area contributed by atoms with Crippen LogP contribution in [0.5, 0.6) is 0 Å². The van der Waals surface area contributed by atoms with Gasteiger partial charge in [-0.15, -0.1) is 0 Å². The third-order valence-corrected chi connectivity index (χ3v) is 2.72. The van der Waals surface area contributed by atoms with Crippen molar-refractivity contribution in [3.8, 4) is 0 Å². The first-order valence-electron chi connectivity index (χ1n) is 6.03. The molecule has 2 unspecified atom stereocenters. The van der Waals surface area contributed by atoms with Crippen LogP contribution in [-0.2, 0) is 14.3 Å². The van der Waals surface area contributed by atoms with Crippen LogP contribution in [0.25, 0.3) is 0 Å². The van der Waals surface area contributed by atoms with Crippen LogP contribution in [0.3, 0.4) is 0 Å². The second kappa shape index (κ2) is 7.60. The summed E-state index contributed by atoms with van der Waals surface area (Å²) < 4.78 is 4.61. The van der Waals surface area contributed by atoms with Gasteiger partial charge in [0.05, 0.1) is 13.0 Å². The molecule has 19 heavy (non-hydrogen) atoms. The molecule has 7 nitrogen and oxygen atoms in total. The van der Waals surface area contributed by atoms with E-state index in [0.717, 1.165) is 0 Å². The van der Waals surface area contributed by atoms with E-state index in [1.54, 1.807) is 13.8 Å². The third-order valence-electron chi connectivity index (χ3n) is 2.72. The largest absolute Gasteiger partial charge is 0.481 e. The first-order chi connectivity index (χ1) is 8.70. The monoisotopic (exact) mass is 274 g/mol. The zero-order valence-electron chi connectivity index (χ0n) is 12.0. The third kappa shape index (κ3) is 5.58. The molecule has 7 heteroatoms. The molecule has 0 aliphatic heterocycles. The Labute approximate surface area is 112 Å². The van der Waals surface area contributed by atoms with Gasteiger partial charge in [0, 0.05) is 13.6 Å². The lowest BCUT2D eigenvalue weighted by molar-refractivity contribution is -0.144. The molecule has 0 saturated heterocycles. The molecule has 110 valence electrons. The molecule has 0 spiro atoms. The van der Waals surface area contributed by atoms with Crippen molar-refractivity contribution in [3.63, 3.8) is 0 Å². The van der Waals surface area contributed by atoms with E-state index < -0.39 is 29.9 Å². The fourth-order valence-corrected chi connectivity index (χ4v) is 1.44. The number of urea groups is 1. The number of nitrogens with zero attached hydrogens (tertiary/aromatic N) is 1. The van der Waals surface area contributed by atoms with E-state index in [0.29, 0.717) is 0 Å². The predicted octanol–water partition coefficient (Wildman–Crippen LogP) is 0.546. The Morgan fingerprint density at radius 1 is 1.26 bits per heavy atom. The van der Waals surface area contributed by atoms with Crippen LogP contribution < -0.4 is 5.32 Å². The molecule has 0 aromatic heterocycles. The van der Waals surface area contributed by atoms with Crippen molar-refractivity contribution < 1.29 is 24.2 Å². The number of methoxy groups -OCH3 is 1. The lowest BCUT2D eigenvalue weighted by Crippen LogP contribution is -2.50. The van der Waals surface area contributed by atoms with Crippen molar-refractivity contribution in [2.45, 2.75) is 26.8 Å². The number of hydrogen-bond donors (Lipinski definition) is 2. The van der Waals surface area contributed by atoms with Crippen LogP contribution in [0, 0.1) is 11.8 Å². The topological polar surface area (TPSA) is 95.9 Å². The first-order valence-corrected chi connectivity index (χ1v) is 6.03. The zero-order chi connectivity index (χ0) is 15.2. The first kappa shape index (κ1) is 17.2. The number of nitrogens with one attached hydrogen (secondary N) is 1. The minimum atomic E-state index is -0.979. The minimum Gasteiger partial charge on any atom is -0.481 e. The second-order valence-corrected chi connectivity index (χ2v) is 4.81. The Kier molecular flexibility index (Phi) is 6.89. The SMILES string of the molecule is COC(=O)C(NC(=O)N(C)CC(C)C(=O)O)C(C)C. The van der Waals surface area contributed by atoms with Gasteiger partial charge >= 0.3 is 18.0 Å². The minimum absolute atomic E-state index is 0.0627. The number of amides is 2. The number of carboxylic acids is 1. The average Bonchev–Trinajstić information content (AvgIpc) is 2.33.